The topological polar surface area (TPSA) is 55.2 Å². The van der Waals surface area contributed by atoms with Gasteiger partial charge in [0.2, 0.25) is 0 Å². The number of aliphatic hydroxyl groups excluding tert-OH is 1. The summed E-state index contributed by atoms with van der Waals surface area (Å²) in [5, 5.41) is 15.7. The Kier molecular flexibility index (Phi) is 3.17. The van der Waals surface area contributed by atoms with Crippen molar-refractivity contribution in [1.29, 1.82) is 0 Å². The zero-order valence-electron chi connectivity index (χ0n) is 9.04. The Morgan fingerprint density at radius 1 is 1.44 bits per heavy atom. The standard InChI is InChI=1S/C11H12N2O2S/c1-7-3-4-10(15-2)8(5-7)11(14)9-6-16-13-12-9/h3-6,11,14H,1-2H3. The molecule has 2 rings (SSSR count). The Morgan fingerprint density at radius 3 is 2.88 bits per heavy atom. The van der Waals surface area contributed by atoms with Crippen LogP contribution in [0.3, 0.4) is 0 Å². The van der Waals surface area contributed by atoms with E-state index in [1.807, 2.05) is 25.1 Å². The molecule has 0 radical (unpaired) electrons. The second-order valence-corrected chi connectivity index (χ2v) is 4.09. The molecule has 0 saturated heterocycles. The number of aromatic nitrogens is 2. The Bertz CT molecular complexity index is 471. The van der Waals surface area contributed by atoms with Gasteiger partial charge in [0.05, 0.1) is 7.11 Å². The SMILES string of the molecule is COc1ccc(C)cc1C(O)c1csnn1. The average Bonchev–Trinajstić information content (AvgIpc) is 2.81. The summed E-state index contributed by atoms with van der Waals surface area (Å²) < 4.78 is 8.95. The Balaban J connectivity index is 2.42. The van der Waals surface area contributed by atoms with Gasteiger partial charge in [0.25, 0.3) is 0 Å². The monoisotopic (exact) mass is 236 g/mol. The van der Waals surface area contributed by atoms with Crippen molar-refractivity contribution in [1.82, 2.24) is 9.59 Å². The van der Waals surface area contributed by atoms with E-state index >= 15 is 0 Å². The highest BCUT2D eigenvalue weighted by Gasteiger charge is 2.17. The maximum Gasteiger partial charge on any atom is 0.127 e. The Morgan fingerprint density at radius 2 is 2.25 bits per heavy atom. The average molecular weight is 236 g/mol. The number of hydrogen-bond acceptors (Lipinski definition) is 5. The van der Waals surface area contributed by atoms with Gasteiger partial charge in [0.15, 0.2) is 0 Å². The van der Waals surface area contributed by atoms with Gasteiger partial charge in [-0.25, -0.2) is 0 Å². The number of hydrogen-bond donors (Lipinski definition) is 1. The number of aliphatic hydroxyl groups is 1. The van der Waals surface area contributed by atoms with Crippen molar-refractivity contribution in [3.05, 3.63) is 40.4 Å². The Labute approximate surface area is 97.7 Å². The van der Waals surface area contributed by atoms with E-state index in [1.165, 1.54) is 11.5 Å². The van der Waals surface area contributed by atoms with Crippen LogP contribution < -0.4 is 4.74 Å². The van der Waals surface area contributed by atoms with Crippen LogP contribution in [0.5, 0.6) is 5.75 Å². The number of rotatable bonds is 3. The molecule has 0 spiro atoms. The molecule has 0 amide bonds. The fraction of sp³-hybridized carbons (Fsp3) is 0.273. The molecule has 0 saturated carbocycles. The molecule has 0 aliphatic carbocycles. The highest BCUT2D eigenvalue weighted by atomic mass is 32.1. The third kappa shape index (κ3) is 2.05. The molecule has 0 aliphatic rings. The number of ether oxygens (including phenoxy) is 1. The van der Waals surface area contributed by atoms with Crippen LogP contribution in [0.2, 0.25) is 0 Å². The molecule has 0 bridgehead atoms. The zero-order chi connectivity index (χ0) is 11.5. The molecule has 0 aliphatic heterocycles. The fourth-order valence-corrected chi connectivity index (χ4v) is 1.99. The molecular weight excluding hydrogens is 224 g/mol. The summed E-state index contributed by atoms with van der Waals surface area (Å²) in [6.45, 7) is 1.97. The minimum atomic E-state index is -0.784. The van der Waals surface area contributed by atoms with Crippen LogP contribution in [-0.2, 0) is 0 Å². The maximum atomic E-state index is 10.1. The lowest BCUT2D eigenvalue weighted by atomic mass is 10.0. The molecule has 1 heterocycles. The van der Waals surface area contributed by atoms with E-state index in [9.17, 15) is 5.11 Å². The van der Waals surface area contributed by atoms with Crippen molar-refractivity contribution in [3.63, 3.8) is 0 Å². The molecule has 4 nitrogen and oxygen atoms in total. The Hall–Kier alpha value is -1.46. The van der Waals surface area contributed by atoms with Crippen LogP contribution in [0.1, 0.15) is 22.9 Å². The van der Waals surface area contributed by atoms with Gasteiger partial charge in [-0.3, -0.25) is 0 Å². The number of methoxy groups -OCH3 is 1. The highest BCUT2D eigenvalue weighted by molar-refractivity contribution is 7.03. The van der Waals surface area contributed by atoms with Crippen molar-refractivity contribution >= 4 is 11.5 Å². The minimum absolute atomic E-state index is 0.550. The molecule has 1 unspecified atom stereocenters. The van der Waals surface area contributed by atoms with E-state index in [1.54, 1.807) is 12.5 Å². The van der Waals surface area contributed by atoms with E-state index in [4.69, 9.17) is 4.74 Å². The minimum Gasteiger partial charge on any atom is -0.496 e. The predicted octanol–water partition coefficient (Wildman–Crippen LogP) is 1.94. The van der Waals surface area contributed by atoms with Gasteiger partial charge >= 0.3 is 0 Å². The lowest BCUT2D eigenvalue weighted by molar-refractivity contribution is 0.209. The number of aryl methyl sites for hydroxylation is 1. The van der Waals surface area contributed by atoms with E-state index in [0.717, 1.165) is 11.1 Å². The van der Waals surface area contributed by atoms with Crippen LogP contribution in [0.25, 0.3) is 0 Å². The summed E-state index contributed by atoms with van der Waals surface area (Å²) in [5.41, 5.74) is 2.34. The third-order valence-corrected chi connectivity index (χ3v) is 2.86. The van der Waals surface area contributed by atoms with Crippen molar-refractivity contribution in [2.24, 2.45) is 0 Å². The second-order valence-electron chi connectivity index (χ2n) is 3.48. The summed E-state index contributed by atoms with van der Waals surface area (Å²) in [4.78, 5) is 0. The summed E-state index contributed by atoms with van der Waals surface area (Å²) in [6.07, 6.45) is -0.784. The number of nitrogens with zero attached hydrogens (tertiary/aromatic N) is 2. The lowest BCUT2D eigenvalue weighted by Gasteiger charge is -2.13. The van der Waals surface area contributed by atoms with Gasteiger partial charge in [-0.15, -0.1) is 5.10 Å². The predicted molar refractivity (Wildman–Crippen MR) is 61.7 cm³/mol. The summed E-state index contributed by atoms with van der Waals surface area (Å²) in [6, 6.07) is 5.67. The highest BCUT2D eigenvalue weighted by Crippen LogP contribution is 2.30. The summed E-state index contributed by atoms with van der Waals surface area (Å²) >= 11 is 1.22. The molecule has 1 N–H and O–H groups in total. The number of benzene rings is 1. The smallest absolute Gasteiger partial charge is 0.127 e. The normalized spacial score (nSPS) is 12.4. The van der Waals surface area contributed by atoms with E-state index in [0.29, 0.717) is 11.4 Å². The van der Waals surface area contributed by atoms with Gasteiger partial charge in [-0.05, 0) is 30.6 Å². The second kappa shape index (κ2) is 4.59. The van der Waals surface area contributed by atoms with E-state index < -0.39 is 6.10 Å². The van der Waals surface area contributed by atoms with Crippen molar-refractivity contribution in [2.45, 2.75) is 13.0 Å². The first kappa shape index (κ1) is 11.0. The van der Waals surface area contributed by atoms with Crippen molar-refractivity contribution < 1.29 is 9.84 Å². The van der Waals surface area contributed by atoms with Crippen LogP contribution >= 0.6 is 11.5 Å². The lowest BCUT2D eigenvalue weighted by Crippen LogP contribution is -2.03. The molecule has 2 aromatic rings. The molecule has 16 heavy (non-hydrogen) atoms. The van der Waals surface area contributed by atoms with Crippen molar-refractivity contribution in [2.75, 3.05) is 7.11 Å². The fourth-order valence-electron chi connectivity index (χ4n) is 1.52. The van der Waals surface area contributed by atoms with Crippen LogP contribution in [0.15, 0.2) is 23.6 Å². The molecule has 1 atom stereocenters. The van der Waals surface area contributed by atoms with Gasteiger partial charge in [0.1, 0.15) is 17.5 Å². The van der Waals surface area contributed by atoms with Gasteiger partial charge in [-0.2, -0.15) is 0 Å². The van der Waals surface area contributed by atoms with E-state index in [2.05, 4.69) is 9.59 Å². The van der Waals surface area contributed by atoms with Crippen LogP contribution in [-0.4, -0.2) is 21.8 Å². The quantitative estimate of drug-likeness (QED) is 0.884. The third-order valence-electron chi connectivity index (χ3n) is 2.34. The molecule has 0 fully saturated rings. The first-order valence-electron chi connectivity index (χ1n) is 4.82. The van der Waals surface area contributed by atoms with Gasteiger partial charge in [0, 0.05) is 10.9 Å². The summed E-state index contributed by atoms with van der Waals surface area (Å²) in [5.74, 6) is 0.658. The first-order valence-corrected chi connectivity index (χ1v) is 5.65. The zero-order valence-corrected chi connectivity index (χ0v) is 9.86. The largest absolute Gasteiger partial charge is 0.496 e. The molecule has 5 heteroatoms. The van der Waals surface area contributed by atoms with Gasteiger partial charge < -0.3 is 9.84 Å². The van der Waals surface area contributed by atoms with Crippen LogP contribution in [0, 0.1) is 6.92 Å². The van der Waals surface area contributed by atoms with Crippen LogP contribution in [0.4, 0.5) is 0 Å². The molecular formula is C11H12N2O2S. The van der Waals surface area contributed by atoms with Crippen molar-refractivity contribution in [3.8, 4) is 5.75 Å². The van der Waals surface area contributed by atoms with Gasteiger partial charge in [-0.1, -0.05) is 16.1 Å². The summed E-state index contributed by atoms with van der Waals surface area (Å²) in [7, 11) is 1.58. The van der Waals surface area contributed by atoms with E-state index in [-0.39, 0.29) is 0 Å². The maximum absolute atomic E-state index is 10.1. The molecule has 84 valence electrons. The molecule has 1 aromatic heterocycles. The first-order chi connectivity index (χ1) is 7.72. The molecule has 1 aromatic carbocycles.